The van der Waals surface area contributed by atoms with Gasteiger partial charge in [-0.2, -0.15) is 0 Å². The number of thiophene rings is 1. The lowest BCUT2D eigenvalue weighted by Gasteiger charge is -2.06. The monoisotopic (exact) mass is 347 g/mol. The molecule has 7 heteroatoms. The number of hydrogen-bond donors (Lipinski definition) is 0. The highest BCUT2D eigenvalue weighted by atomic mass is 79.9. The van der Waals surface area contributed by atoms with Crippen molar-refractivity contribution in [3.63, 3.8) is 0 Å². The van der Waals surface area contributed by atoms with Gasteiger partial charge in [-0.05, 0) is 34.1 Å². The largest absolute Gasteiger partial charge is 0.487 e. The summed E-state index contributed by atoms with van der Waals surface area (Å²) in [4.78, 5) is 11.1. The van der Waals surface area contributed by atoms with E-state index >= 15 is 0 Å². The molecule has 4 nitrogen and oxygen atoms in total. The molecule has 0 aliphatic heterocycles. The Morgan fingerprint density at radius 2 is 2.17 bits per heavy atom. The van der Waals surface area contributed by atoms with Crippen LogP contribution in [-0.2, 0) is 6.61 Å². The summed E-state index contributed by atoms with van der Waals surface area (Å²) in [5.74, 6) is 0.437. The Balaban J connectivity index is 2.08. The second-order valence-electron chi connectivity index (χ2n) is 3.37. The number of halogens is 2. The van der Waals surface area contributed by atoms with E-state index in [0.717, 1.165) is 8.66 Å². The van der Waals surface area contributed by atoms with Gasteiger partial charge in [0.2, 0.25) is 0 Å². The SMILES string of the molecule is O=[N+]([O-])c1ccc(OCc2ccc(Br)s2)c(Cl)c1. The fourth-order valence-corrected chi connectivity index (χ4v) is 2.92. The van der Waals surface area contributed by atoms with Gasteiger partial charge in [0.25, 0.3) is 5.69 Å². The van der Waals surface area contributed by atoms with Crippen molar-refractivity contribution >= 4 is 44.6 Å². The van der Waals surface area contributed by atoms with Crippen LogP contribution in [0, 0.1) is 10.1 Å². The van der Waals surface area contributed by atoms with E-state index in [0.29, 0.717) is 12.4 Å². The molecular weight excluding hydrogens is 342 g/mol. The average molecular weight is 349 g/mol. The van der Waals surface area contributed by atoms with E-state index in [2.05, 4.69) is 15.9 Å². The normalized spacial score (nSPS) is 10.3. The third kappa shape index (κ3) is 3.22. The quantitative estimate of drug-likeness (QED) is 0.597. The molecule has 0 spiro atoms. The fourth-order valence-electron chi connectivity index (χ4n) is 1.30. The standard InChI is InChI=1S/C11H7BrClNO3S/c12-11-4-2-8(18-11)6-17-10-3-1-7(14(15)16)5-9(10)13/h1-5H,6H2. The Morgan fingerprint density at radius 3 is 2.72 bits per heavy atom. The molecule has 1 heterocycles. The van der Waals surface area contributed by atoms with Gasteiger partial charge in [-0.3, -0.25) is 10.1 Å². The topological polar surface area (TPSA) is 52.4 Å². The molecule has 94 valence electrons. The van der Waals surface area contributed by atoms with Crippen molar-refractivity contribution in [3.05, 3.63) is 54.1 Å². The molecule has 0 unspecified atom stereocenters. The molecule has 2 aromatic rings. The Kier molecular flexibility index (Phi) is 4.21. The highest BCUT2D eigenvalue weighted by Crippen LogP contribution is 2.30. The molecule has 2 rings (SSSR count). The number of non-ortho nitro benzene ring substituents is 1. The minimum absolute atomic E-state index is 0.0498. The first-order valence-electron chi connectivity index (χ1n) is 4.87. The molecule has 0 atom stereocenters. The minimum atomic E-state index is -0.494. The number of nitro groups is 1. The number of nitro benzene ring substituents is 1. The van der Waals surface area contributed by atoms with Crippen molar-refractivity contribution in [2.24, 2.45) is 0 Å². The lowest BCUT2D eigenvalue weighted by molar-refractivity contribution is -0.384. The smallest absolute Gasteiger partial charge is 0.271 e. The zero-order valence-corrected chi connectivity index (χ0v) is 12.1. The van der Waals surface area contributed by atoms with Crippen LogP contribution >= 0.6 is 38.9 Å². The summed E-state index contributed by atoms with van der Waals surface area (Å²) in [6.45, 7) is 0.383. The first-order chi connectivity index (χ1) is 8.56. The number of rotatable bonds is 4. The third-order valence-electron chi connectivity index (χ3n) is 2.13. The van der Waals surface area contributed by atoms with Crippen LogP contribution in [0.2, 0.25) is 5.02 Å². The molecular formula is C11H7BrClNO3S. The maximum Gasteiger partial charge on any atom is 0.271 e. The van der Waals surface area contributed by atoms with E-state index in [9.17, 15) is 10.1 Å². The van der Waals surface area contributed by atoms with Crippen LogP contribution in [0.25, 0.3) is 0 Å². The zero-order chi connectivity index (χ0) is 13.1. The molecule has 0 amide bonds. The summed E-state index contributed by atoms with van der Waals surface area (Å²) in [7, 11) is 0. The van der Waals surface area contributed by atoms with Crippen molar-refractivity contribution < 1.29 is 9.66 Å². The highest BCUT2D eigenvalue weighted by molar-refractivity contribution is 9.11. The summed E-state index contributed by atoms with van der Waals surface area (Å²) in [6, 6.07) is 8.02. The lowest BCUT2D eigenvalue weighted by atomic mass is 10.3. The first-order valence-corrected chi connectivity index (χ1v) is 6.86. The van der Waals surface area contributed by atoms with Crippen molar-refractivity contribution in [2.75, 3.05) is 0 Å². The van der Waals surface area contributed by atoms with Gasteiger partial charge >= 0.3 is 0 Å². The second-order valence-corrected chi connectivity index (χ2v) is 6.32. The third-order valence-corrected chi connectivity index (χ3v) is 4.02. The number of hydrogen-bond acceptors (Lipinski definition) is 4. The molecule has 1 aromatic heterocycles. The average Bonchev–Trinajstić information content (AvgIpc) is 2.73. The van der Waals surface area contributed by atoms with E-state index in [1.807, 2.05) is 12.1 Å². The Labute approximate surface area is 120 Å². The van der Waals surface area contributed by atoms with Gasteiger partial charge in [0.05, 0.1) is 13.7 Å². The molecule has 1 aromatic carbocycles. The summed E-state index contributed by atoms with van der Waals surface area (Å²) in [6.07, 6.45) is 0. The van der Waals surface area contributed by atoms with E-state index in [-0.39, 0.29) is 10.7 Å². The van der Waals surface area contributed by atoms with Crippen molar-refractivity contribution in [1.82, 2.24) is 0 Å². The summed E-state index contributed by atoms with van der Waals surface area (Å²) in [5, 5.41) is 10.8. The van der Waals surface area contributed by atoms with Gasteiger partial charge in [0.1, 0.15) is 12.4 Å². The van der Waals surface area contributed by atoms with Crippen molar-refractivity contribution in [1.29, 1.82) is 0 Å². The van der Waals surface area contributed by atoms with Crippen LogP contribution in [0.3, 0.4) is 0 Å². The van der Waals surface area contributed by atoms with Gasteiger partial charge in [0.15, 0.2) is 0 Å². The molecule has 0 radical (unpaired) electrons. The predicted octanol–water partition coefficient (Wildman–Crippen LogP) is 4.65. The van der Waals surface area contributed by atoms with Gasteiger partial charge in [-0.25, -0.2) is 0 Å². The van der Waals surface area contributed by atoms with Crippen molar-refractivity contribution in [2.45, 2.75) is 6.61 Å². The van der Waals surface area contributed by atoms with Crippen LogP contribution in [0.15, 0.2) is 34.1 Å². The molecule has 0 N–H and O–H groups in total. The van der Waals surface area contributed by atoms with Crippen LogP contribution in [0.4, 0.5) is 5.69 Å². The Morgan fingerprint density at radius 1 is 1.39 bits per heavy atom. The van der Waals surface area contributed by atoms with E-state index < -0.39 is 4.92 Å². The minimum Gasteiger partial charge on any atom is -0.487 e. The number of nitrogens with zero attached hydrogens (tertiary/aromatic N) is 1. The first kappa shape index (κ1) is 13.3. The van der Waals surface area contributed by atoms with Crippen LogP contribution in [0.5, 0.6) is 5.75 Å². The molecule has 0 saturated heterocycles. The molecule has 0 saturated carbocycles. The van der Waals surface area contributed by atoms with Crippen molar-refractivity contribution in [3.8, 4) is 5.75 Å². The predicted molar refractivity (Wildman–Crippen MR) is 74.5 cm³/mol. The Hall–Kier alpha value is -1.11. The van der Waals surface area contributed by atoms with Crippen LogP contribution < -0.4 is 4.74 Å². The maximum absolute atomic E-state index is 10.5. The number of benzene rings is 1. The summed E-state index contributed by atoms with van der Waals surface area (Å²) < 4.78 is 6.53. The van der Waals surface area contributed by atoms with E-state index in [4.69, 9.17) is 16.3 Å². The lowest BCUT2D eigenvalue weighted by Crippen LogP contribution is -1.94. The molecule has 0 fully saturated rings. The van der Waals surface area contributed by atoms with Gasteiger partial charge in [-0.1, -0.05) is 11.6 Å². The van der Waals surface area contributed by atoms with Crippen LogP contribution in [-0.4, -0.2) is 4.92 Å². The molecule has 18 heavy (non-hydrogen) atoms. The Bertz CT molecular complexity index is 587. The van der Waals surface area contributed by atoms with E-state index in [1.54, 1.807) is 11.3 Å². The number of ether oxygens (including phenoxy) is 1. The second kappa shape index (κ2) is 5.69. The fraction of sp³-hybridized carbons (Fsp3) is 0.0909. The highest BCUT2D eigenvalue weighted by Gasteiger charge is 2.10. The van der Waals surface area contributed by atoms with Gasteiger partial charge in [0, 0.05) is 17.0 Å². The van der Waals surface area contributed by atoms with Gasteiger partial charge in [-0.15, -0.1) is 11.3 Å². The zero-order valence-electron chi connectivity index (χ0n) is 8.93. The maximum atomic E-state index is 10.5. The summed E-state index contributed by atoms with van der Waals surface area (Å²) >= 11 is 10.8. The summed E-state index contributed by atoms with van der Waals surface area (Å²) in [5.41, 5.74) is -0.0498. The van der Waals surface area contributed by atoms with E-state index in [1.165, 1.54) is 18.2 Å². The van der Waals surface area contributed by atoms with Crippen LogP contribution in [0.1, 0.15) is 4.88 Å². The molecule has 0 aliphatic rings. The van der Waals surface area contributed by atoms with Gasteiger partial charge < -0.3 is 4.74 Å². The molecule has 0 bridgehead atoms. The molecule has 0 aliphatic carbocycles.